The van der Waals surface area contributed by atoms with Gasteiger partial charge in [0.1, 0.15) is 11.6 Å². The van der Waals surface area contributed by atoms with Crippen LogP contribution in [0, 0.1) is 13.8 Å². The monoisotopic (exact) mass is 596 g/mol. The number of aromatic nitrogens is 4. The molecule has 44 heavy (non-hydrogen) atoms. The van der Waals surface area contributed by atoms with E-state index in [0.717, 1.165) is 46.3 Å². The minimum Gasteiger partial charge on any atom is -0.444 e. The molecule has 0 spiro atoms. The first kappa shape index (κ1) is 29.4. The summed E-state index contributed by atoms with van der Waals surface area (Å²) in [7, 11) is 1.87. The molecule has 11 nitrogen and oxygen atoms in total. The lowest BCUT2D eigenvalue weighted by Crippen LogP contribution is -2.50. The molecule has 11 heteroatoms. The second-order valence-corrected chi connectivity index (χ2v) is 12.7. The molecule has 0 unspecified atom stereocenters. The van der Waals surface area contributed by atoms with Crippen molar-refractivity contribution in [1.82, 2.24) is 29.5 Å². The number of hydrogen-bond acceptors (Lipinski definition) is 8. The van der Waals surface area contributed by atoms with Crippen molar-refractivity contribution < 1.29 is 14.3 Å². The number of rotatable bonds is 5. The van der Waals surface area contributed by atoms with Gasteiger partial charge in [0.05, 0.1) is 5.39 Å². The Bertz CT molecular complexity index is 1720. The summed E-state index contributed by atoms with van der Waals surface area (Å²) in [5, 5.41) is 12.3. The van der Waals surface area contributed by atoms with Gasteiger partial charge >= 0.3 is 6.09 Å². The van der Waals surface area contributed by atoms with Gasteiger partial charge < -0.3 is 20.3 Å². The van der Waals surface area contributed by atoms with Gasteiger partial charge in [-0.2, -0.15) is 10.1 Å². The standard InChI is InChI=1S/C33H40N8O3/c1-20-9-7-10-21(2)27(20)36-28-25-18-34-31(37-29(25)39(6)38-28)35-24-13-12-22-14-16-40(19-23(22)17-24)30(42)26-11-8-15-41(26)32(43)44-33(3,4)5/h7,9-10,12-13,17-18,26H,8,11,14-16,19H2,1-6H3,(H,36,38)(H,34,35,37)/t26-/m1/s1. The summed E-state index contributed by atoms with van der Waals surface area (Å²) in [6.45, 7) is 11.3. The van der Waals surface area contributed by atoms with Crippen LogP contribution >= 0.6 is 0 Å². The van der Waals surface area contributed by atoms with Crippen LogP contribution in [-0.4, -0.2) is 66.3 Å². The molecule has 4 heterocycles. The second-order valence-electron chi connectivity index (χ2n) is 12.7. The number of amides is 2. The lowest BCUT2D eigenvalue weighted by Gasteiger charge is -2.34. The molecule has 1 fully saturated rings. The summed E-state index contributed by atoms with van der Waals surface area (Å²) < 4.78 is 7.32. The van der Waals surface area contributed by atoms with Crippen LogP contribution in [0.2, 0.25) is 0 Å². The van der Waals surface area contributed by atoms with Gasteiger partial charge in [-0.15, -0.1) is 0 Å². The molecule has 4 aromatic rings. The molecule has 6 rings (SSSR count). The predicted molar refractivity (Wildman–Crippen MR) is 170 cm³/mol. The van der Waals surface area contributed by atoms with Gasteiger partial charge in [-0.3, -0.25) is 9.69 Å². The summed E-state index contributed by atoms with van der Waals surface area (Å²) in [6, 6.07) is 11.9. The highest BCUT2D eigenvalue weighted by Crippen LogP contribution is 2.30. The normalized spacial score (nSPS) is 16.6. The van der Waals surface area contributed by atoms with Crippen molar-refractivity contribution >= 4 is 46.2 Å². The molecule has 0 aliphatic carbocycles. The Morgan fingerprint density at radius 1 is 1.02 bits per heavy atom. The molecule has 2 aliphatic heterocycles. The number of para-hydroxylation sites is 1. The molecule has 2 aliphatic rings. The molecule has 0 bridgehead atoms. The van der Waals surface area contributed by atoms with Crippen LogP contribution in [0.5, 0.6) is 0 Å². The molecule has 0 radical (unpaired) electrons. The number of carbonyl (C=O) groups is 2. The molecule has 1 saturated heterocycles. The summed E-state index contributed by atoms with van der Waals surface area (Å²) >= 11 is 0. The highest BCUT2D eigenvalue weighted by Gasteiger charge is 2.39. The number of nitrogens with one attached hydrogen (secondary N) is 2. The first-order chi connectivity index (χ1) is 21.0. The molecule has 2 N–H and O–H groups in total. The van der Waals surface area contributed by atoms with Gasteiger partial charge in [-0.1, -0.05) is 24.3 Å². The first-order valence-electron chi connectivity index (χ1n) is 15.2. The zero-order valence-corrected chi connectivity index (χ0v) is 26.3. The molecule has 230 valence electrons. The van der Waals surface area contributed by atoms with Crippen molar-refractivity contribution in [2.24, 2.45) is 7.05 Å². The number of carbonyl (C=O) groups excluding carboxylic acids is 2. The number of aryl methyl sites for hydroxylation is 3. The van der Waals surface area contributed by atoms with Crippen LogP contribution in [0.1, 0.15) is 55.9 Å². The highest BCUT2D eigenvalue weighted by atomic mass is 16.6. The minimum absolute atomic E-state index is 0.0207. The third-order valence-electron chi connectivity index (χ3n) is 8.26. The summed E-state index contributed by atoms with van der Waals surface area (Å²) in [5.41, 5.74) is 6.52. The first-order valence-corrected chi connectivity index (χ1v) is 15.2. The maximum atomic E-state index is 13.6. The fourth-order valence-corrected chi connectivity index (χ4v) is 6.05. The van der Waals surface area contributed by atoms with Crippen molar-refractivity contribution in [3.8, 4) is 0 Å². The van der Waals surface area contributed by atoms with Crippen LogP contribution in [0.15, 0.2) is 42.6 Å². The van der Waals surface area contributed by atoms with Crippen LogP contribution in [0.4, 0.5) is 27.9 Å². The summed E-state index contributed by atoms with van der Waals surface area (Å²) in [4.78, 5) is 39.2. The Hall–Kier alpha value is -4.67. The zero-order chi connectivity index (χ0) is 31.2. The molecule has 2 aromatic carbocycles. The van der Waals surface area contributed by atoms with E-state index in [1.807, 2.05) is 44.9 Å². The number of benzene rings is 2. The Balaban J connectivity index is 1.17. The van der Waals surface area contributed by atoms with Crippen molar-refractivity contribution in [3.05, 3.63) is 64.8 Å². The van der Waals surface area contributed by atoms with E-state index >= 15 is 0 Å². The van der Waals surface area contributed by atoms with Crippen molar-refractivity contribution in [3.63, 3.8) is 0 Å². The van der Waals surface area contributed by atoms with Crippen molar-refractivity contribution in [2.45, 2.75) is 72.1 Å². The van der Waals surface area contributed by atoms with E-state index in [1.165, 1.54) is 5.56 Å². The number of anilines is 4. The fourth-order valence-electron chi connectivity index (χ4n) is 6.05. The van der Waals surface area contributed by atoms with Crippen LogP contribution in [0.3, 0.4) is 0 Å². The molecule has 1 atom stereocenters. The Kier molecular flexibility index (Phi) is 7.65. The fraction of sp³-hybridized carbons (Fsp3) is 0.424. The Morgan fingerprint density at radius 3 is 2.55 bits per heavy atom. The Labute approximate surface area is 257 Å². The van der Waals surface area contributed by atoms with Gasteiger partial charge in [0.2, 0.25) is 11.9 Å². The van der Waals surface area contributed by atoms with Gasteiger partial charge in [0.15, 0.2) is 11.5 Å². The van der Waals surface area contributed by atoms with Gasteiger partial charge in [-0.05, 0) is 88.3 Å². The van der Waals surface area contributed by atoms with E-state index in [2.05, 4.69) is 58.8 Å². The van der Waals surface area contributed by atoms with Crippen molar-refractivity contribution in [2.75, 3.05) is 23.7 Å². The maximum absolute atomic E-state index is 13.6. The van der Waals surface area contributed by atoms with Crippen LogP contribution in [-0.2, 0) is 29.5 Å². The molecular formula is C33H40N8O3. The maximum Gasteiger partial charge on any atom is 0.410 e. The average molecular weight is 597 g/mol. The lowest BCUT2D eigenvalue weighted by atomic mass is 9.98. The van der Waals surface area contributed by atoms with Gasteiger partial charge in [0.25, 0.3) is 0 Å². The van der Waals surface area contributed by atoms with E-state index in [1.54, 1.807) is 15.8 Å². The molecule has 2 amide bonds. The smallest absolute Gasteiger partial charge is 0.410 e. The van der Waals surface area contributed by atoms with Gasteiger partial charge in [0, 0.05) is 44.3 Å². The zero-order valence-electron chi connectivity index (χ0n) is 26.3. The number of nitrogens with zero attached hydrogens (tertiary/aromatic N) is 6. The average Bonchev–Trinajstić information content (AvgIpc) is 3.58. The topological polar surface area (TPSA) is 118 Å². The molecule has 0 saturated carbocycles. The van der Waals surface area contributed by atoms with E-state index in [9.17, 15) is 9.59 Å². The lowest BCUT2D eigenvalue weighted by molar-refractivity contribution is -0.136. The van der Waals surface area contributed by atoms with Crippen LogP contribution in [0.25, 0.3) is 11.0 Å². The molecular weight excluding hydrogens is 556 g/mol. The number of fused-ring (bicyclic) bond motifs is 2. The number of hydrogen-bond donors (Lipinski definition) is 2. The third kappa shape index (κ3) is 5.91. The minimum atomic E-state index is -0.606. The van der Waals surface area contributed by atoms with Gasteiger partial charge in [-0.25, -0.2) is 14.5 Å². The summed E-state index contributed by atoms with van der Waals surface area (Å²) in [6.07, 6.45) is 3.56. The second kappa shape index (κ2) is 11.4. The summed E-state index contributed by atoms with van der Waals surface area (Å²) in [5.74, 6) is 1.15. The third-order valence-corrected chi connectivity index (χ3v) is 8.26. The number of ether oxygens (including phenoxy) is 1. The van der Waals surface area contributed by atoms with E-state index in [-0.39, 0.29) is 5.91 Å². The largest absolute Gasteiger partial charge is 0.444 e. The molecule has 2 aromatic heterocycles. The Morgan fingerprint density at radius 2 is 1.80 bits per heavy atom. The van der Waals surface area contributed by atoms with Crippen LogP contribution < -0.4 is 10.6 Å². The SMILES string of the molecule is Cc1cccc(C)c1Nc1nn(C)c2nc(Nc3ccc4c(c3)CN(C(=O)[C@H]3CCCN3C(=O)OC(C)(C)C)CC4)ncc12. The quantitative estimate of drug-likeness (QED) is 0.299. The number of likely N-dealkylation sites (tertiary alicyclic amines) is 1. The highest BCUT2D eigenvalue weighted by molar-refractivity contribution is 5.90. The van der Waals surface area contributed by atoms with Crippen molar-refractivity contribution in [1.29, 1.82) is 0 Å². The van der Waals surface area contributed by atoms with E-state index in [4.69, 9.17) is 9.72 Å². The van der Waals surface area contributed by atoms with E-state index < -0.39 is 17.7 Å². The predicted octanol–water partition coefficient (Wildman–Crippen LogP) is 5.75. The van der Waals surface area contributed by atoms with E-state index in [0.29, 0.717) is 43.5 Å².